The van der Waals surface area contributed by atoms with Gasteiger partial charge in [-0.25, -0.2) is 0 Å². The summed E-state index contributed by atoms with van der Waals surface area (Å²) < 4.78 is 1.82. The van der Waals surface area contributed by atoms with E-state index in [1.807, 2.05) is 47.3 Å². The van der Waals surface area contributed by atoms with Crippen molar-refractivity contribution in [1.29, 1.82) is 0 Å². The maximum absolute atomic E-state index is 12.4. The van der Waals surface area contributed by atoms with E-state index in [1.165, 1.54) is 0 Å². The molecule has 6 heteroatoms. The first-order chi connectivity index (χ1) is 11.3. The summed E-state index contributed by atoms with van der Waals surface area (Å²) in [4.78, 5) is 26.3. The van der Waals surface area contributed by atoms with E-state index in [1.54, 1.807) is 11.1 Å². The molecule has 2 heterocycles. The van der Waals surface area contributed by atoms with Crippen LogP contribution in [0.1, 0.15) is 12.8 Å². The van der Waals surface area contributed by atoms with Crippen molar-refractivity contribution in [3.8, 4) is 0 Å². The minimum Gasteiger partial charge on any atom is -0.355 e. The fourth-order valence-electron chi connectivity index (χ4n) is 2.80. The first kappa shape index (κ1) is 15.3. The van der Waals surface area contributed by atoms with Crippen LogP contribution in [-0.4, -0.2) is 34.7 Å². The Morgan fingerprint density at radius 1 is 1.26 bits per heavy atom. The Morgan fingerprint density at radius 3 is 2.83 bits per heavy atom. The lowest BCUT2D eigenvalue weighted by Gasteiger charge is -2.16. The number of carbonyl (C=O) groups excluding carboxylic acids is 2. The number of aromatic nitrogens is 2. The highest BCUT2D eigenvalue weighted by molar-refractivity contribution is 6.09. The zero-order valence-corrected chi connectivity index (χ0v) is 12.9. The number of hydrogen-bond donors (Lipinski definition) is 1. The van der Waals surface area contributed by atoms with Crippen molar-refractivity contribution in [2.45, 2.75) is 19.4 Å². The van der Waals surface area contributed by atoms with E-state index in [2.05, 4.69) is 10.4 Å². The molecule has 1 N–H and O–H groups in total. The summed E-state index contributed by atoms with van der Waals surface area (Å²) in [6.07, 6.45) is 4.98. The second-order valence-corrected chi connectivity index (χ2v) is 5.58. The number of para-hydroxylation sites is 1. The molecule has 1 atom stereocenters. The normalized spacial score (nSPS) is 17.5. The average molecular weight is 312 g/mol. The number of hydrogen-bond acceptors (Lipinski definition) is 3. The Balaban J connectivity index is 1.47. The van der Waals surface area contributed by atoms with Gasteiger partial charge in [0.1, 0.15) is 5.92 Å². The van der Waals surface area contributed by atoms with Crippen LogP contribution in [0, 0.1) is 5.92 Å². The molecule has 6 nitrogen and oxygen atoms in total. The molecule has 0 radical (unpaired) electrons. The summed E-state index contributed by atoms with van der Waals surface area (Å²) in [7, 11) is 0. The van der Waals surface area contributed by atoms with Gasteiger partial charge in [-0.15, -0.1) is 0 Å². The Bertz CT molecular complexity index is 654. The Kier molecular flexibility index (Phi) is 4.71. The molecular weight excluding hydrogens is 292 g/mol. The zero-order valence-electron chi connectivity index (χ0n) is 12.9. The zero-order chi connectivity index (χ0) is 16.1. The molecule has 0 saturated carbocycles. The van der Waals surface area contributed by atoms with E-state index < -0.39 is 5.92 Å². The topological polar surface area (TPSA) is 67.2 Å². The van der Waals surface area contributed by atoms with E-state index in [0.29, 0.717) is 19.5 Å². The van der Waals surface area contributed by atoms with Crippen LogP contribution in [-0.2, 0) is 16.1 Å². The van der Waals surface area contributed by atoms with Gasteiger partial charge in [-0.2, -0.15) is 5.10 Å². The molecular formula is C17H20N4O2. The summed E-state index contributed by atoms with van der Waals surface area (Å²) in [5.74, 6) is -0.852. The lowest BCUT2D eigenvalue weighted by atomic mass is 10.1. The van der Waals surface area contributed by atoms with E-state index in [0.717, 1.165) is 18.7 Å². The van der Waals surface area contributed by atoms with Crippen LogP contribution in [0.3, 0.4) is 0 Å². The summed E-state index contributed by atoms with van der Waals surface area (Å²) in [6, 6.07) is 11.4. The van der Waals surface area contributed by atoms with E-state index >= 15 is 0 Å². The Hall–Kier alpha value is -2.63. The summed E-state index contributed by atoms with van der Waals surface area (Å²) >= 11 is 0. The van der Waals surface area contributed by atoms with Gasteiger partial charge < -0.3 is 10.2 Å². The lowest BCUT2D eigenvalue weighted by molar-refractivity contribution is -0.132. The van der Waals surface area contributed by atoms with Crippen LogP contribution in [0.25, 0.3) is 0 Å². The van der Waals surface area contributed by atoms with Gasteiger partial charge in [0.2, 0.25) is 11.8 Å². The van der Waals surface area contributed by atoms with Crippen LogP contribution in [0.5, 0.6) is 0 Å². The number of nitrogens with one attached hydrogen (secondary N) is 1. The first-order valence-corrected chi connectivity index (χ1v) is 7.87. The molecule has 0 unspecified atom stereocenters. The van der Waals surface area contributed by atoms with Crippen molar-refractivity contribution in [1.82, 2.24) is 15.1 Å². The molecule has 1 aromatic heterocycles. The summed E-state index contributed by atoms with van der Waals surface area (Å²) in [6.45, 7) is 1.89. The van der Waals surface area contributed by atoms with Gasteiger partial charge in [0.25, 0.3) is 0 Å². The van der Waals surface area contributed by atoms with Gasteiger partial charge in [0, 0.05) is 37.7 Å². The van der Waals surface area contributed by atoms with Gasteiger partial charge in [0.15, 0.2) is 0 Å². The maximum atomic E-state index is 12.4. The fourth-order valence-corrected chi connectivity index (χ4v) is 2.80. The minimum atomic E-state index is -0.570. The number of benzene rings is 1. The molecule has 0 aliphatic carbocycles. The summed E-state index contributed by atoms with van der Waals surface area (Å²) in [5.41, 5.74) is 0.853. The lowest BCUT2D eigenvalue weighted by Crippen LogP contribution is -2.37. The van der Waals surface area contributed by atoms with Gasteiger partial charge in [-0.3, -0.25) is 14.3 Å². The van der Waals surface area contributed by atoms with Crippen molar-refractivity contribution in [2.75, 3.05) is 18.0 Å². The highest BCUT2D eigenvalue weighted by Gasteiger charge is 2.37. The van der Waals surface area contributed by atoms with E-state index in [-0.39, 0.29) is 11.8 Å². The predicted molar refractivity (Wildman–Crippen MR) is 86.8 cm³/mol. The van der Waals surface area contributed by atoms with Crippen molar-refractivity contribution >= 4 is 17.5 Å². The molecule has 1 saturated heterocycles. The second kappa shape index (κ2) is 7.09. The molecule has 2 aromatic rings. The molecule has 2 amide bonds. The van der Waals surface area contributed by atoms with Crippen LogP contribution in [0.2, 0.25) is 0 Å². The smallest absolute Gasteiger partial charge is 0.239 e. The number of amides is 2. The molecule has 1 aromatic carbocycles. The van der Waals surface area contributed by atoms with Gasteiger partial charge >= 0.3 is 0 Å². The largest absolute Gasteiger partial charge is 0.355 e. The number of nitrogens with zero attached hydrogens (tertiary/aromatic N) is 3. The van der Waals surface area contributed by atoms with Gasteiger partial charge in [0.05, 0.1) is 0 Å². The second-order valence-electron chi connectivity index (χ2n) is 5.58. The third kappa shape index (κ3) is 3.59. The third-order valence-electron chi connectivity index (χ3n) is 4.01. The maximum Gasteiger partial charge on any atom is 0.239 e. The number of aryl methyl sites for hydroxylation is 1. The Labute approximate surface area is 135 Å². The average Bonchev–Trinajstić information content (AvgIpc) is 3.22. The van der Waals surface area contributed by atoms with Crippen molar-refractivity contribution in [3.05, 3.63) is 48.8 Å². The first-order valence-electron chi connectivity index (χ1n) is 7.87. The predicted octanol–water partition coefficient (Wildman–Crippen LogP) is 1.44. The van der Waals surface area contributed by atoms with Gasteiger partial charge in [-0.05, 0) is 31.0 Å². The van der Waals surface area contributed by atoms with Crippen molar-refractivity contribution in [2.24, 2.45) is 5.92 Å². The third-order valence-corrected chi connectivity index (χ3v) is 4.01. The summed E-state index contributed by atoms with van der Waals surface area (Å²) in [5, 5.41) is 6.97. The van der Waals surface area contributed by atoms with Crippen molar-refractivity contribution < 1.29 is 9.59 Å². The standard InChI is InChI=1S/C17H20N4O2/c22-16(18-9-4-11-20-12-5-10-19-20)15-8-13-21(17(15)23)14-6-2-1-3-7-14/h1-3,5-7,10,12,15H,4,8-9,11,13H2,(H,18,22)/t15-/m0/s1. The highest BCUT2D eigenvalue weighted by Crippen LogP contribution is 2.24. The van der Waals surface area contributed by atoms with Crippen molar-refractivity contribution in [3.63, 3.8) is 0 Å². The highest BCUT2D eigenvalue weighted by atomic mass is 16.2. The number of anilines is 1. The van der Waals surface area contributed by atoms with Crippen LogP contribution in [0.4, 0.5) is 5.69 Å². The van der Waals surface area contributed by atoms with E-state index in [4.69, 9.17) is 0 Å². The Morgan fingerprint density at radius 2 is 2.09 bits per heavy atom. The molecule has 1 fully saturated rings. The van der Waals surface area contributed by atoms with Crippen LogP contribution >= 0.6 is 0 Å². The molecule has 1 aliphatic rings. The van der Waals surface area contributed by atoms with Crippen LogP contribution in [0.15, 0.2) is 48.8 Å². The molecule has 3 rings (SSSR count). The van der Waals surface area contributed by atoms with E-state index in [9.17, 15) is 9.59 Å². The molecule has 0 bridgehead atoms. The minimum absolute atomic E-state index is 0.110. The molecule has 0 spiro atoms. The molecule has 1 aliphatic heterocycles. The van der Waals surface area contributed by atoms with Gasteiger partial charge in [-0.1, -0.05) is 18.2 Å². The number of rotatable bonds is 6. The SMILES string of the molecule is O=C(NCCCn1cccn1)[C@@H]1CCN(c2ccccc2)C1=O. The molecule has 23 heavy (non-hydrogen) atoms. The molecule has 120 valence electrons. The van der Waals surface area contributed by atoms with Crippen LogP contribution < -0.4 is 10.2 Å². The monoisotopic (exact) mass is 312 g/mol. The number of carbonyl (C=O) groups is 2. The quantitative estimate of drug-likeness (QED) is 0.648. The fraction of sp³-hybridized carbons (Fsp3) is 0.353.